The number of carbonyl (C=O) groups is 2. The summed E-state index contributed by atoms with van der Waals surface area (Å²) < 4.78 is 6.76. The van der Waals surface area contributed by atoms with E-state index in [2.05, 4.69) is 4.98 Å². The van der Waals surface area contributed by atoms with Crippen molar-refractivity contribution >= 4 is 22.7 Å². The quantitative estimate of drug-likeness (QED) is 0.591. The molecule has 2 heterocycles. The van der Waals surface area contributed by atoms with Crippen LogP contribution in [0.25, 0.3) is 10.9 Å². The lowest BCUT2D eigenvalue weighted by molar-refractivity contribution is 0.0467. The number of ketones is 1. The van der Waals surface area contributed by atoms with Gasteiger partial charge in [0, 0.05) is 24.1 Å². The summed E-state index contributed by atoms with van der Waals surface area (Å²) in [6.45, 7) is -0.272. The summed E-state index contributed by atoms with van der Waals surface area (Å²) in [5, 5.41) is 0.929. The van der Waals surface area contributed by atoms with Gasteiger partial charge < -0.3 is 14.3 Å². The molecule has 21 heavy (non-hydrogen) atoms. The highest BCUT2D eigenvalue weighted by Gasteiger charge is 2.15. The van der Waals surface area contributed by atoms with E-state index in [1.165, 1.54) is 0 Å². The second-order valence-corrected chi connectivity index (χ2v) is 4.77. The number of hydrogen-bond acceptors (Lipinski definition) is 3. The van der Waals surface area contributed by atoms with Crippen LogP contribution in [0.4, 0.5) is 0 Å². The van der Waals surface area contributed by atoms with Gasteiger partial charge in [0.1, 0.15) is 5.69 Å². The zero-order chi connectivity index (χ0) is 14.8. The molecular weight excluding hydrogens is 268 g/mol. The Morgan fingerprint density at radius 3 is 2.71 bits per heavy atom. The number of ether oxygens (including phenoxy) is 1. The first-order chi connectivity index (χ1) is 10.1. The number of rotatable bonds is 4. The number of benzene rings is 1. The summed E-state index contributed by atoms with van der Waals surface area (Å²) >= 11 is 0. The maximum atomic E-state index is 12.0. The minimum Gasteiger partial charge on any atom is -0.453 e. The van der Waals surface area contributed by atoms with Gasteiger partial charge in [0.15, 0.2) is 6.61 Å². The first-order valence-corrected chi connectivity index (χ1v) is 6.54. The number of aromatic amines is 1. The van der Waals surface area contributed by atoms with Gasteiger partial charge in [-0.2, -0.15) is 0 Å². The Balaban J connectivity index is 1.69. The van der Waals surface area contributed by atoms with Gasteiger partial charge in [-0.25, -0.2) is 4.79 Å². The van der Waals surface area contributed by atoms with E-state index in [-0.39, 0.29) is 12.4 Å². The third kappa shape index (κ3) is 2.58. The molecular formula is C16H14N2O3. The molecule has 1 N–H and O–H groups in total. The Bertz CT molecular complexity index is 781. The maximum Gasteiger partial charge on any atom is 0.355 e. The maximum absolute atomic E-state index is 12.0. The molecule has 0 saturated carbocycles. The number of fused-ring (bicyclic) bond motifs is 1. The van der Waals surface area contributed by atoms with Crippen LogP contribution in [0.15, 0.2) is 48.7 Å². The number of carbonyl (C=O) groups excluding carboxylic acids is 2. The average Bonchev–Trinajstić information content (AvgIpc) is 3.10. The number of hydrogen-bond donors (Lipinski definition) is 1. The van der Waals surface area contributed by atoms with Crippen molar-refractivity contribution in [2.75, 3.05) is 6.61 Å². The average molecular weight is 282 g/mol. The molecule has 0 amide bonds. The molecule has 3 rings (SSSR count). The van der Waals surface area contributed by atoms with Gasteiger partial charge in [-0.1, -0.05) is 18.2 Å². The SMILES string of the molecule is Cn1cccc1C(=O)COC(=O)c1cc2ccccc2[nH]1. The summed E-state index contributed by atoms with van der Waals surface area (Å²) in [5.41, 5.74) is 1.72. The van der Waals surface area contributed by atoms with Crippen molar-refractivity contribution in [2.24, 2.45) is 7.05 Å². The number of aryl methyl sites for hydroxylation is 1. The van der Waals surface area contributed by atoms with E-state index in [9.17, 15) is 9.59 Å². The van der Waals surface area contributed by atoms with Crippen LogP contribution in [0.3, 0.4) is 0 Å². The predicted molar refractivity (Wildman–Crippen MR) is 78.3 cm³/mol. The molecule has 0 saturated heterocycles. The highest BCUT2D eigenvalue weighted by Crippen LogP contribution is 2.15. The molecule has 5 nitrogen and oxygen atoms in total. The molecule has 5 heteroatoms. The van der Waals surface area contributed by atoms with Crippen LogP contribution in [0, 0.1) is 0 Å². The van der Waals surface area contributed by atoms with E-state index in [1.54, 1.807) is 36.0 Å². The summed E-state index contributed by atoms with van der Waals surface area (Å²) in [6.07, 6.45) is 1.77. The number of H-pyrrole nitrogens is 1. The van der Waals surface area contributed by atoms with Crippen LogP contribution in [-0.4, -0.2) is 27.9 Å². The van der Waals surface area contributed by atoms with Gasteiger partial charge in [-0.15, -0.1) is 0 Å². The van der Waals surface area contributed by atoms with Crippen LogP contribution in [0.1, 0.15) is 21.0 Å². The van der Waals surface area contributed by atoms with E-state index in [4.69, 9.17) is 4.74 Å². The Labute approximate surface area is 121 Å². The van der Waals surface area contributed by atoms with E-state index in [1.807, 2.05) is 24.3 Å². The topological polar surface area (TPSA) is 64.1 Å². The van der Waals surface area contributed by atoms with Gasteiger partial charge in [0.05, 0.1) is 5.69 Å². The fourth-order valence-electron chi connectivity index (χ4n) is 2.22. The zero-order valence-electron chi connectivity index (χ0n) is 11.5. The normalized spacial score (nSPS) is 10.7. The number of esters is 1. The number of nitrogens with one attached hydrogen (secondary N) is 1. The van der Waals surface area contributed by atoms with Crippen molar-refractivity contribution < 1.29 is 14.3 Å². The molecule has 0 atom stereocenters. The molecule has 0 bridgehead atoms. The van der Waals surface area contributed by atoms with Crippen LogP contribution in [0.5, 0.6) is 0 Å². The molecule has 0 fully saturated rings. The van der Waals surface area contributed by atoms with Crippen molar-refractivity contribution in [3.05, 3.63) is 60.0 Å². The smallest absolute Gasteiger partial charge is 0.355 e. The second kappa shape index (κ2) is 5.28. The zero-order valence-corrected chi connectivity index (χ0v) is 11.5. The minimum absolute atomic E-state index is 0.230. The van der Waals surface area contributed by atoms with E-state index < -0.39 is 5.97 Å². The number of aromatic nitrogens is 2. The summed E-state index contributed by atoms with van der Waals surface area (Å²) in [4.78, 5) is 26.9. The van der Waals surface area contributed by atoms with Gasteiger partial charge in [-0.3, -0.25) is 4.79 Å². The van der Waals surface area contributed by atoms with Crippen LogP contribution >= 0.6 is 0 Å². The predicted octanol–water partition coefficient (Wildman–Crippen LogP) is 2.55. The largest absolute Gasteiger partial charge is 0.453 e. The molecule has 106 valence electrons. The molecule has 0 aliphatic carbocycles. The Hall–Kier alpha value is -2.82. The molecule has 0 spiro atoms. The first kappa shape index (κ1) is 13.2. The van der Waals surface area contributed by atoms with Gasteiger partial charge in [0.25, 0.3) is 0 Å². The minimum atomic E-state index is -0.534. The molecule has 0 radical (unpaired) electrons. The number of para-hydroxylation sites is 1. The fraction of sp³-hybridized carbons (Fsp3) is 0.125. The van der Waals surface area contributed by atoms with Crippen molar-refractivity contribution in [2.45, 2.75) is 0 Å². The lowest BCUT2D eigenvalue weighted by atomic mass is 10.2. The Kier molecular flexibility index (Phi) is 3.31. The summed E-state index contributed by atoms with van der Waals surface area (Å²) in [7, 11) is 1.77. The van der Waals surface area contributed by atoms with Gasteiger partial charge >= 0.3 is 5.97 Å². The Morgan fingerprint density at radius 1 is 1.19 bits per heavy atom. The highest BCUT2D eigenvalue weighted by molar-refractivity contribution is 5.99. The lowest BCUT2D eigenvalue weighted by Gasteiger charge is -2.04. The fourth-order valence-corrected chi connectivity index (χ4v) is 2.22. The molecule has 2 aromatic heterocycles. The van der Waals surface area contributed by atoms with Crippen LogP contribution < -0.4 is 0 Å². The standard InChI is InChI=1S/C16H14N2O3/c1-18-8-4-7-14(18)15(19)10-21-16(20)13-9-11-5-2-3-6-12(11)17-13/h2-9,17H,10H2,1H3. The second-order valence-electron chi connectivity index (χ2n) is 4.77. The van der Waals surface area contributed by atoms with E-state index >= 15 is 0 Å². The number of nitrogens with zero attached hydrogens (tertiary/aromatic N) is 1. The van der Waals surface area contributed by atoms with Crippen LogP contribution in [-0.2, 0) is 11.8 Å². The van der Waals surface area contributed by atoms with Gasteiger partial charge in [-0.05, 0) is 24.3 Å². The van der Waals surface area contributed by atoms with Crippen molar-refractivity contribution in [1.82, 2.24) is 9.55 Å². The van der Waals surface area contributed by atoms with Crippen molar-refractivity contribution in [3.63, 3.8) is 0 Å². The van der Waals surface area contributed by atoms with Gasteiger partial charge in [0.2, 0.25) is 5.78 Å². The third-order valence-electron chi connectivity index (χ3n) is 3.31. The molecule has 0 aliphatic heterocycles. The summed E-state index contributed by atoms with van der Waals surface area (Å²) in [6, 6.07) is 12.7. The van der Waals surface area contributed by atoms with E-state index in [0.717, 1.165) is 10.9 Å². The first-order valence-electron chi connectivity index (χ1n) is 6.54. The molecule has 0 aliphatic rings. The molecule has 3 aromatic rings. The summed E-state index contributed by atoms with van der Waals surface area (Å²) in [5.74, 6) is -0.763. The van der Waals surface area contributed by atoms with Crippen molar-refractivity contribution in [3.8, 4) is 0 Å². The monoisotopic (exact) mass is 282 g/mol. The molecule has 1 aromatic carbocycles. The molecule has 0 unspecified atom stereocenters. The Morgan fingerprint density at radius 2 is 2.00 bits per heavy atom. The highest BCUT2D eigenvalue weighted by atomic mass is 16.5. The third-order valence-corrected chi connectivity index (χ3v) is 3.31. The van der Waals surface area contributed by atoms with Crippen molar-refractivity contribution in [1.29, 1.82) is 0 Å². The lowest BCUT2D eigenvalue weighted by Crippen LogP contribution is -2.16. The number of Topliss-reactive ketones (excluding diaryl/α,β-unsaturated/α-hetero) is 1. The van der Waals surface area contributed by atoms with Crippen LogP contribution in [0.2, 0.25) is 0 Å². The van der Waals surface area contributed by atoms with E-state index in [0.29, 0.717) is 11.4 Å².